The Labute approximate surface area is 121 Å². The van der Waals surface area contributed by atoms with Crippen LogP contribution in [0.4, 0.5) is 0 Å². The lowest BCUT2D eigenvalue weighted by Gasteiger charge is -2.24. The van der Waals surface area contributed by atoms with Crippen molar-refractivity contribution in [3.05, 3.63) is 34.9 Å². The summed E-state index contributed by atoms with van der Waals surface area (Å²) in [5.74, 6) is 1.36. The van der Waals surface area contributed by atoms with Gasteiger partial charge in [0.05, 0.1) is 6.54 Å². The van der Waals surface area contributed by atoms with Crippen LogP contribution in [0.1, 0.15) is 34.8 Å². The molecule has 0 heterocycles. The molecule has 0 saturated carbocycles. The van der Waals surface area contributed by atoms with E-state index in [2.05, 4.69) is 31.1 Å². The highest BCUT2D eigenvalue weighted by Crippen LogP contribution is 2.13. The van der Waals surface area contributed by atoms with Crippen LogP contribution in [0.3, 0.4) is 0 Å². The van der Waals surface area contributed by atoms with E-state index in [9.17, 15) is 4.79 Å². The summed E-state index contributed by atoms with van der Waals surface area (Å²) >= 11 is 1.86. The molecule has 0 fully saturated rings. The third-order valence-corrected chi connectivity index (χ3v) is 4.21. The van der Waals surface area contributed by atoms with Crippen LogP contribution in [0.2, 0.25) is 0 Å². The summed E-state index contributed by atoms with van der Waals surface area (Å²) in [6.07, 6.45) is 3.24. The summed E-state index contributed by atoms with van der Waals surface area (Å²) in [6.45, 7) is 6.75. The van der Waals surface area contributed by atoms with Crippen LogP contribution in [-0.2, 0) is 0 Å². The van der Waals surface area contributed by atoms with E-state index in [0.29, 0.717) is 12.6 Å². The second kappa shape index (κ2) is 7.71. The molecule has 0 aliphatic heterocycles. The van der Waals surface area contributed by atoms with Crippen LogP contribution < -0.4 is 0 Å². The van der Waals surface area contributed by atoms with Gasteiger partial charge in [-0.25, -0.2) is 0 Å². The normalized spacial score (nSPS) is 12.7. The first kappa shape index (κ1) is 16.3. The molecule has 106 valence electrons. The zero-order valence-corrected chi connectivity index (χ0v) is 13.5. The Morgan fingerprint density at radius 3 is 2.63 bits per heavy atom. The Hall–Kier alpha value is -0.800. The predicted molar refractivity (Wildman–Crippen MR) is 85.3 cm³/mol. The highest BCUT2D eigenvalue weighted by molar-refractivity contribution is 7.98. The van der Waals surface area contributed by atoms with Crippen molar-refractivity contribution in [2.24, 2.45) is 0 Å². The van der Waals surface area contributed by atoms with Gasteiger partial charge in [0.25, 0.3) is 0 Å². The summed E-state index contributed by atoms with van der Waals surface area (Å²) in [5, 5.41) is 0. The monoisotopic (exact) mass is 279 g/mol. The molecule has 1 aromatic carbocycles. The van der Waals surface area contributed by atoms with E-state index < -0.39 is 0 Å². The summed E-state index contributed by atoms with van der Waals surface area (Å²) in [4.78, 5) is 14.5. The van der Waals surface area contributed by atoms with Crippen molar-refractivity contribution in [1.29, 1.82) is 0 Å². The number of likely N-dealkylation sites (N-methyl/N-ethyl adjacent to an activating group) is 1. The number of rotatable bonds is 7. The summed E-state index contributed by atoms with van der Waals surface area (Å²) < 4.78 is 0. The maximum atomic E-state index is 12.3. The fraction of sp³-hybridized carbons (Fsp3) is 0.562. The van der Waals surface area contributed by atoms with Crippen molar-refractivity contribution >= 4 is 17.5 Å². The second-order valence-electron chi connectivity index (χ2n) is 5.29. The number of hydrogen-bond donors (Lipinski definition) is 0. The van der Waals surface area contributed by atoms with Gasteiger partial charge in [-0.05, 0) is 51.8 Å². The molecule has 0 spiro atoms. The van der Waals surface area contributed by atoms with E-state index in [4.69, 9.17) is 0 Å². The van der Waals surface area contributed by atoms with E-state index in [1.165, 1.54) is 5.56 Å². The van der Waals surface area contributed by atoms with Gasteiger partial charge in [0.15, 0.2) is 5.78 Å². The first-order valence-corrected chi connectivity index (χ1v) is 8.14. The van der Waals surface area contributed by atoms with Gasteiger partial charge in [-0.1, -0.05) is 23.8 Å². The van der Waals surface area contributed by atoms with Gasteiger partial charge in [-0.2, -0.15) is 11.8 Å². The minimum absolute atomic E-state index is 0.219. The lowest BCUT2D eigenvalue weighted by molar-refractivity contribution is 0.0923. The van der Waals surface area contributed by atoms with Crippen LogP contribution in [0.15, 0.2) is 18.2 Å². The van der Waals surface area contributed by atoms with Crippen molar-refractivity contribution in [3.8, 4) is 0 Å². The van der Waals surface area contributed by atoms with Crippen LogP contribution in [-0.4, -0.2) is 42.3 Å². The first-order valence-electron chi connectivity index (χ1n) is 6.75. The number of thioether (sulfide) groups is 1. The van der Waals surface area contributed by atoms with Gasteiger partial charge in [0.1, 0.15) is 0 Å². The highest BCUT2D eigenvalue weighted by atomic mass is 32.2. The Morgan fingerprint density at radius 2 is 2.05 bits per heavy atom. The quantitative estimate of drug-likeness (QED) is 0.712. The molecule has 0 radical (unpaired) electrons. The summed E-state index contributed by atoms with van der Waals surface area (Å²) in [6, 6.07) is 6.48. The molecule has 0 aliphatic rings. The number of nitrogens with zero attached hydrogens (tertiary/aromatic N) is 1. The zero-order chi connectivity index (χ0) is 14.4. The molecule has 0 aromatic heterocycles. The summed E-state index contributed by atoms with van der Waals surface area (Å²) in [5.41, 5.74) is 3.14. The number of benzene rings is 1. The van der Waals surface area contributed by atoms with E-state index >= 15 is 0 Å². The molecule has 0 amide bonds. The maximum Gasteiger partial charge on any atom is 0.177 e. The SMILES string of the molecule is CSCCC(C)N(C)CC(=O)c1ccc(C)cc1C. The second-order valence-corrected chi connectivity index (χ2v) is 6.27. The number of aryl methyl sites for hydroxylation is 2. The number of hydrogen-bond acceptors (Lipinski definition) is 3. The highest BCUT2D eigenvalue weighted by Gasteiger charge is 2.15. The van der Waals surface area contributed by atoms with Crippen molar-refractivity contribution in [2.45, 2.75) is 33.2 Å². The third kappa shape index (κ3) is 5.00. The van der Waals surface area contributed by atoms with Crippen LogP contribution >= 0.6 is 11.8 Å². The molecule has 1 unspecified atom stereocenters. The smallest absolute Gasteiger partial charge is 0.177 e. The fourth-order valence-corrected chi connectivity index (χ4v) is 2.68. The van der Waals surface area contributed by atoms with Crippen molar-refractivity contribution < 1.29 is 4.79 Å². The predicted octanol–water partition coefficient (Wildman–Crippen LogP) is 3.56. The molecule has 3 heteroatoms. The lowest BCUT2D eigenvalue weighted by atomic mass is 10.0. The van der Waals surface area contributed by atoms with Crippen LogP contribution in [0.25, 0.3) is 0 Å². The Balaban J connectivity index is 2.63. The molecule has 0 bridgehead atoms. The Bertz CT molecular complexity index is 431. The van der Waals surface area contributed by atoms with Gasteiger partial charge in [0.2, 0.25) is 0 Å². The standard InChI is InChI=1S/C16H25NOS/c1-12-6-7-15(13(2)10-12)16(18)11-17(4)14(3)8-9-19-5/h6-7,10,14H,8-9,11H2,1-5H3. The third-order valence-electron chi connectivity index (χ3n) is 3.57. The van der Waals surface area contributed by atoms with Crippen LogP contribution in [0.5, 0.6) is 0 Å². The molecule has 1 aromatic rings. The van der Waals surface area contributed by atoms with E-state index in [1.54, 1.807) is 0 Å². The first-order chi connectivity index (χ1) is 8.95. The zero-order valence-electron chi connectivity index (χ0n) is 12.7. The molecule has 1 atom stereocenters. The van der Waals surface area contributed by atoms with E-state index in [0.717, 1.165) is 23.3 Å². The summed E-state index contributed by atoms with van der Waals surface area (Å²) in [7, 11) is 2.03. The van der Waals surface area contributed by atoms with E-state index in [-0.39, 0.29) is 5.78 Å². The fourth-order valence-electron chi connectivity index (χ4n) is 2.10. The van der Waals surface area contributed by atoms with Crippen molar-refractivity contribution in [1.82, 2.24) is 4.90 Å². The minimum Gasteiger partial charge on any atom is -0.296 e. The molecule has 19 heavy (non-hydrogen) atoms. The van der Waals surface area contributed by atoms with Gasteiger partial charge >= 0.3 is 0 Å². The van der Waals surface area contributed by atoms with Gasteiger partial charge in [0, 0.05) is 11.6 Å². The number of ketones is 1. The molecule has 0 N–H and O–H groups in total. The minimum atomic E-state index is 0.219. The molecule has 2 nitrogen and oxygen atoms in total. The lowest BCUT2D eigenvalue weighted by Crippen LogP contribution is -2.34. The Kier molecular flexibility index (Phi) is 6.59. The maximum absolute atomic E-state index is 12.3. The van der Waals surface area contributed by atoms with Gasteiger partial charge in [-0.3, -0.25) is 9.69 Å². The topological polar surface area (TPSA) is 20.3 Å². The average molecular weight is 279 g/mol. The number of Topliss-reactive ketones (excluding diaryl/α,β-unsaturated/α-hetero) is 1. The molecular weight excluding hydrogens is 254 g/mol. The van der Waals surface area contributed by atoms with Crippen molar-refractivity contribution in [3.63, 3.8) is 0 Å². The molecule has 1 rings (SSSR count). The van der Waals surface area contributed by atoms with Gasteiger partial charge < -0.3 is 0 Å². The largest absolute Gasteiger partial charge is 0.296 e. The average Bonchev–Trinajstić information content (AvgIpc) is 2.35. The number of carbonyl (C=O) groups excluding carboxylic acids is 1. The van der Waals surface area contributed by atoms with E-state index in [1.807, 2.05) is 37.9 Å². The van der Waals surface area contributed by atoms with Gasteiger partial charge in [-0.15, -0.1) is 0 Å². The molecule has 0 saturated heterocycles. The Morgan fingerprint density at radius 1 is 1.37 bits per heavy atom. The molecule has 0 aliphatic carbocycles. The molecular formula is C16H25NOS. The van der Waals surface area contributed by atoms with Crippen molar-refractivity contribution in [2.75, 3.05) is 25.6 Å². The van der Waals surface area contributed by atoms with Crippen LogP contribution in [0, 0.1) is 13.8 Å². The number of carbonyl (C=O) groups is 1.